The Hall–Kier alpha value is -0.410. The SMILES string of the molecule is Cc1cc(Br)cc2cc(Br)cnc12. The summed E-state index contributed by atoms with van der Waals surface area (Å²) in [6.07, 6.45) is 1.82. The molecular formula is C10H7Br2N. The summed E-state index contributed by atoms with van der Waals surface area (Å²) in [6.45, 7) is 2.06. The van der Waals surface area contributed by atoms with Crippen molar-refractivity contribution in [2.24, 2.45) is 0 Å². The first-order valence-corrected chi connectivity index (χ1v) is 5.47. The number of fused-ring (bicyclic) bond motifs is 1. The van der Waals surface area contributed by atoms with Crippen molar-refractivity contribution in [1.82, 2.24) is 4.98 Å². The van der Waals surface area contributed by atoms with Crippen molar-refractivity contribution in [1.29, 1.82) is 0 Å². The van der Waals surface area contributed by atoms with Crippen LogP contribution < -0.4 is 0 Å². The third-order valence-electron chi connectivity index (χ3n) is 1.91. The van der Waals surface area contributed by atoms with E-state index in [9.17, 15) is 0 Å². The maximum absolute atomic E-state index is 4.35. The average Bonchev–Trinajstić information content (AvgIpc) is 2.02. The predicted molar refractivity (Wildman–Crippen MR) is 61.9 cm³/mol. The molecule has 0 unspecified atom stereocenters. The molecule has 0 fully saturated rings. The molecule has 0 saturated heterocycles. The van der Waals surface area contributed by atoms with E-state index in [1.165, 1.54) is 5.56 Å². The highest BCUT2D eigenvalue weighted by Crippen LogP contribution is 2.24. The molecule has 0 spiro atoms. The first kappa shape index (κ1) is 9.16. The summed E-state index contributed by atoms with van der Waals surface area (Å²) in [5.74, 6) is 0. The van der Waals surface area contributed by atoms with Gasteiger partial charge < -0.3 is 0 Å². The molecule has 66 valence electrons. The summed E-state index contributed by atoms with van der Waals surface area (Å²) >= 11 is 6.87. The second-order valence-corrected chi connectivity index (χ2v) is 4.78. The Balaban J connectivity index is 2.86. The van der Waals surface area contributed by atoms with Gasteiger partial charge in [0.15, 0.2) is 0 Å². The molecule has 0 saturated carbocycles. The van der Waals surface area contributed by atoms with E-state index in [1.54, 1.807) is 0 Å². The van der Waals surface area contributed by atoms with Gasteiger partial charge in [-0.15, -0.1) is 0 Å². The zero-order valence-electron chi connectivity index (χ0n) is 7.01. The number of aryl methyl sites for hydroxylation is 1. The van der Waals surface area contributed by atoms with Crippen molar-refractivity contribution in [2.45, 2.75) is 6.92 Å². The molecule has 0 radical (unpaired) electrons. The number of hydrogen-bond donors (Lipinski definition) is 0. The molecule has 0 amide bonds. The molecule has 0 N–H and O–H groups in total. The van der Waals surface area contributed by atoms with Gasteiger partial charge in [0.25, 0.3) is 0 Å². The predicted octanol–water partition coefficient (Wildman–Crippen LogP) is 4.07. The van der Waals surface area contributed by atoms with E-state index in [-0.39, 0.29) is 0 Å². The van der Waals surface area contributed by atoms with Crippen LogP contribution in [0.5, 0.6) is 0 Å². The number of halogens is 2. The minimum atomic E-state index is 1.01. The lowest BCUT2D eigenvalue weighted by molar-refractivity contribution is 1.35. The third-order valence-corrected chi connectivity index (χ3v) is 2.80. The molecule has 3 heteroatoms. The largest absolute Gasteiger partial charge is 0.255 e. The van der Waals surface area contributed by atoms with Gasteiger partial charge in [0, 0.05) is 20.5 Å². The third kappa shape index (κ3) is 1.76. The van der Waals surface area contributed by atoms with Crippen molar-refractivity contribution < 1.29 is 0 Å². The van der Waals surface area contributed by atoms with Gasteiger partial charge in [-0.2, -0.15) is 0 Å². The van der Waals surface area contributed by atoms with Crippen molar-refractivity contribution in [3.63, 3.8) is 0 Å². The van der Waals surface area contributed by atoms with E-state index in [4.69, 9.17) is 0 Å². The van der Waals surface area contributed by atoms with Crippen molar-refractivity contribution >= 4 is 42.8 Å². The minimum Gasteiger partial charge on any atom is -0.255 e. The Morgan fingerprint density at radius 1 is 1.08 bits per heavy atom. The molecule has 0 aliphatic rings. The summed E-state index contributed by atoms with van der Waals surface area (Å²) in [6, 6.07) is 6.21. The lowest BCUT2D eigenvalue weighted by Crippen LogP contribution is -1.83. The fourth-order valence-electron chi connectivity index (χ4n) is 1.36. The highest BCUT2D eigenvalue weighted by atomic mass is 79.9. The van der Waals surface area contributed by atoms with E-state index in [0.717, 1.165) is 19.8 Å². The zero-order valence-corrected chi connectivity index (χ0v) is 10.2. The van der Waals surface area contributed by atoms with Crippen LogP contribution in [0.1, 0.15) is 5.56 Å². The summed E-state index contributed by atoms with van der Waals surface area (Å²) in [7, 11) is 0. The first-order chi connectivity index (χ1) is 6.16. The monoisotopic (exact) mass is 299 g/mol. The fourth-order valence-corrected chi connectivity index (χ4v) is 2.30. The second kappa shape index (κ2) is 3.39. The average molecular weight is 301 g/mol. The molecule has 0 aliphatic heterocycles. The van der Waals surface area contributed by atoms with E-state index in [2.05, 4.69) is 62.0 Å². The normalized spacial score (nSPS) is 10.7. The summed E-state index contributed by atoms with van der Waals surface area (Å²) in [4.78, 5) is 4.35. The van der Waals surface area contributed by atoms with E-state index >= 15 is 0 Å². The number of rotatable bonds is 0. The van der Waals surface area contributed by atoms with Crippen LogP contribution >= 0.6 is 31.9 Å². The molecule has 2 aromatic rings. The van der Waals surface area contributed by atoms with Gasteiger partial charge in [0.1, 0.15) is 0 Å². The lowest BCUT2D eigenvalue weighted by Gasteiger charge is -2.02. The van der Waals surface area contributed by atoms with Crippen LogP contribution in [0.4, 0.5) is 0 Å². The number of nitrogens with zero attached hydrogens (tertiary/aromatic N) is 1. The Morgan fingerprint density at radius 3 is 2.54 bits per heavy atom. The van der Waals surface area contributed by atoms with Gasteiger partial charge in [-0.25, -0.2) is 0 Å². The molecule has 2 rings (SSSR count). The van der Waals surface area contributed by atoms with Gasteiger partial charge in [-0.05, 0) is 46.6 Å². The van der Waals surface area contributed by atoms with Gasteiger partial charge in [-0.3, -0.25) is 4.98 Å². The summed E-state index contributed by atoms with van der Waals surface area (Å²) < 4.78 is 2.11. The second-order valence-electron chi connectivity index (χ2n) is 2.95. The highest BCUT2D eigenvalue weighted by Gasteiger charge is 2.00. The van der Waals surface area contributed by atoms with Crippen LogP contribution in [0, 0.1) is 6.92 Å². The van der Waals surface area contributed by atoms with Crippen LogP contribution in [0.25, 0.3) is 10.9 Å². The van der Waals surface area contributed by atoms with Crippen molar-refractivity contribution in [3.8, 4) is 0 Å². The molecule has 1 nitrogen and oxygen atoms in total. The molecule has 0 atom stereocenters. The van der Waals surface area contributed by atoms with Crippen LogP contribution in [0.2, 0.25) is 0 Å². The van der Waals surface area contributed by atoms with E-state index in [1.807, 2.05) is 6.20 Å². The maximum atomic E-state index is 4.35. The molecule has 1 aromatic heterocycles. The smallest absolute Gasteiger partial charge is 0.0732 e. The van der Waals surface area contributed by atoms with Gasteiger partial charge >= 0.3 is 0 Å². The number of benzene rings is 1. The molecule has 1 aromatic carbocycles. The fraction of sp³-hybridized carbons (Fsp3) is 0.100. The minimum absolute atomic E-state index is 1.01. The topological polar surface area (TPSA) is 12.9 Å². The van der Waals surface area contributed by atoms with E-state index < -0.39 is 0 Å². The van der Waals surface area contributed by atoms with Crippen molar-refractivity contribution in [2.75, 3.05) is 0 Å². The van der Waals surface area contributed by atoms with Crippen LogP contribution in [-0.4, -0.2) is 4.98 Å². The molecular weight excluding hydrogens is 294 g/mol. The van der Waals surface area contributed by atoms with Gasteiger partial charge in [0.05, 0.1) is 5.52 Å². The number of aromatic nitrogens is 1. The first-order valence-electron chi connectivity index (χ1n) is 3.88. The standard InChI is InChI=1S/C10H7Br2N/c1-6-2-8(11)3-7-4-9(12)5-13-10(6)7/h2-5H,1H3. The quantitative estimate of drug-likeness (QED) is 0.715. The highest BCUT2D eigenvalue weighted by molar-refractivity contribution is 9.10. The van der Waals surface area contributed by atoms with Crippen LogP contribution in [0.15, 0.2) is 33.3 Å². The lowest BCUT2D eigenvalue weighted by atomic mass is 10.1. The van der Waals surface area contributed by atoms with Gasteiger partial charge in [-0.1, -0.05) is 15.9 Å². The Labute approximate surface area is 93.4 Å². The Kier molecular flexibility index (Phi) is 2.39. The molecule has 0 bridgehead atoms. The van der Waals surface area contributed by atoms with Crippen LogP contribution in [-0.2, 0) is 0 Å². The summed E-state index contributed by atoms with van der Waals surface area (Å²) in [5.41, 5.74) is 2.25. The molecule has 1 heterocycles. The number of pyridine rings is 1. The molecule has 13 heavy (non-hydrogen) atoms. The molecule has 0 aliphatic carbocycles. The Morgan fingerprint density at radius 2 is 1.77 bits per heavy atom. The van der Waals surface area contributed by atoms with Crippen molar-refractivity contribution in [3.05, 3.63) is 38.9 Å². The van der Waals surface area contributed by atoms with Crippen LogP contribution in [0.3, 0.4) is 0 Å². The number of hydrogen-bond acceptors (Lipinski definition) is 1. The maximum Gasteiger partial charge on any atom is 0.0732 e. The van der Waals surface area contributed by atoms with Gasteiger partial charge in [0.2, 0.25) is 0 Å². The van der Waals surface area contributed by atoms with E-state index in [0.29, 0.717) is 0 Å². The summed E-state index contributed by atoms with van der Waals surface area (Å²) in [5, 5.41) is 1.15. The zero-order chi connectivity index (χ0) is 9.42. The Bertz CT molecular complexity index is 460.